The molecule has 2 aromatic carbocycles. The molecule has 12 heteroatoms. The van der Waals surface area contributed by atoms with Crippen molar-refractivity contribution in [3.05, 3.63) is 83.7 Å². The summed E-state index contributed by atoms with van der Waals surface area (Å²) in [5.74, 6) is 0.952. The van der Waals surface area contributed by atoms with Gasteiger partial charge in [0.1, 0.15) is 29.9 Å². The van der Waals surface area contributed by atoms with Crippen molar-refractivity contribution < 1.29 is 45.7 Å². The number of benzene rings is 2. The zero-order valence-corrected chi connectivity index (χ0v) is 20.5. The highest BCUT2D eigenvalue weighted by molar-refractivity contribution is 5.71. The van der Waals surface area contributed by atoms with Gasteiger partial charge >= 0.3 is 12.4 Å². The third-order valence-corrected chi connectivity index (χ3v) is 6.62. The van der Waals surface area contributed by atoms with Crippen molar-refractivity contribution in [2.45, 2.75) is 42.9 Å². The maximum Gasteiger partial charge on any atom is 0.430 e. The summed E-state index contributed by atoms with van der Waals surface area (Å²) >= 11 is 0. The van der Waals surface area contributed by atoms with Crippen molar-refractivity contribution in [1.82, 2.24) is 4.98 Å². The van der Waals surface area contributed by atoms with Gasteiger partial charge in [0.25, 0.3) is 5.60 Å². The van der Waals surface area contributed by atoms with E-state index in [0.717, 1.165) is 6.07 Å². The Morgan fingerprint density at radius 1 is 1.00 bits per heavy atom. The van der Waals surface area contributed by atoms with E-state index in [-0.39, 0.29) is 30.6 Å². The van der Waals surface area contributed by atoms with Crippen LogP contribution in [0.5, 0.6) is 11.5 Å². The van der Waals surface area contributed by atoms with Crippen LogP contribution in [0.25, 0.3) is 0 Å². The maximum absolute atomic E-state index is 13.6. The molecule has 1 N–H and O–H groups in total. The van der Waals surface area contributed by atoms with Crippen LogP contribution in [0.15, 0.2) is 67.0 Å². The number of nitrogens with zero attached hydrogens (tertiary/aromatic N) is 2. The fraction of sp³-hybridized carbons (Fsp3) is 0.333. The molecule has 2 heterocycles. The lowest BCUT2D eigenvalue weighted by Gasteiger charge is -2.35. The number of aromatic nitrogens is 1. The number of aryl methyl sites for hydroxylation is 1. The number of hydrogen-bond acceptors (Lipinski definition) is 6. The molecule has 0 fully saturated rings. The van der Waals surface area contributed by atoms with Crippen LogP contribution in [0.2, 0.25) is 0 Å². The molecule has 6 nitrogen and oxygen atoms in total. The topological polar surface area (TPSA) is 71.9 Å². The summed E-state index contributed by atoms with van der Waals surface area (Å²) in [5.41, 5.74) is -5.58. The highest BCUT2D eigenvalue weighted by Gasteiger charge is 2.71. The number of anilines is 1. The number of aldehydes is 1. The van der Waals surface area contributed by atoms with Crippen LogP contribution in [0, 0.1) is 0 Å². The first-order valence-corrected chi connectivity index (χ1v) is 11.8. The van der Waals surface area contributed by atoms with E-state index in [1.165, 1.54) is 19.5 Å². The highest BCUT2D eigenvalue weighted by atomic mass is 19.4. The van der Waals surface area contributed by atoms with Gasteiger partial charge in [-0.15, -0.1) is 0 Å². The molecule has 39 heavy (non-hydrogen) atoms. The third-order valence-electron chi connectivity index (χ3n) is 6.62. The number of ether oxygens (including phenoxy) is 2. The predicted octanol–water partition coefficient (Wildman–Crippen LogP) is 5.54. The average Bonchev–Trinajstić information content (AvgIpc) is 3.07. The Hall–Kier alpha value is -3.80. The lowest BCUT2D eigenvalue weighted by Crippen LogP contribution is -2.54. The zero-order valence-electron chi connectivity index (χ0n) is 20.5. The summed E-state index contributed by atoms with van der Waals surface area (Å²) in [6.45, 7) is 0.0814. The van der Waals surface area contributed by atoms with Gasteiger partial charge in [0.05, 0.1) is 13.7 Å². The highest BCUT2D eigenvalue weighted by Crippen LogP contribution is 2.51. The number of carbonyl (C=O) groups is 1. The third kappa shape index (κ3) is 5.51. The van der Waals surface area contributed by atoms with E-state index in [0.29, 0.717) is 35.5 Å². The van der Waals surface area contributed by atoms with Crippen LogP contribution in [0.3, 0.4) is 0 Å². The van der Waals surface area contributed by atoms with Crippen molar-refractivity contribution >= 4 is 12.0 Å². The van der Waals surface area contributed by atoms with Gasteiger partial charge in [-0.05, 0) is 54.3 Å². The summed E-state index contributed by atoms with van der Waals surface area (Å²) in [4.78, 5) is 17.8. The molecule has 1 unspecified atom stereocenters. The SMILES string of the molecule is COc1cccc(O[C@H]2CCc3cc(C(O)(C(F)(F)F)C(F)(F)F)ccc3N(C(C=O)c3ccncc3)C2)c1. The van der Waals surface area contributed by atoms with E-state index in [4.69, 9.17) is 9.47 Å². The van der Waals surface area contributed by atoms with E-state index in [1.807, 2.05) is 0 Å². The molecule has 4 rings (SSSR count). The lowest BCUT2D eigenvalue weighted by atomic mass is 9.89. The minimum atomic E-state index is -6.02. The van der Waals surface area contributed by atoms with E-state index < -0.39 is 35.7 Å². The van der Waals surface area contributed by atoms with Gasteiger partial charge in [-0.3, -0.25) is 4.98 Å². The minimum absolute atomic E-state index is 0.0159. The van der Waals surface area contributed by atoms with Gasteiger partial charge in [0.15, 0.2) is 0 Å². The number of methoxy groups -OCH3 is 1. The Bertz CT molecular complexity index is 1290. The fourth-order valence-corrected chi connectivity index (χ4v) is 4.62. The predicted molar refractivity (Wildman–Crippen MR) is 129 cm³/mol. The quantitative estimate of drug-likeness (QED) is 0.306. The molecule has 0 bridgehead atoms. The number of halogens is 6. The molecular weight excluding hydrogens is 530 g/mol. The number of carbonyl (C=O) groups excluding carboxylic acids is 1. The van der Waals surface area contributed by atoms with Crippen molar-refractivity contribution in [3.63, 3.8) is 0 Å². The van der Waals surface area contributed by atoms with Gasteiger partial charge in [-0.1, -0.05) is 18.2 Å². The van der Waals surface area contributed by atoms with E-state index in [9.17, 15) is 36.2 Å². The maximum atomic E-state index is 13.6. The Morgan fingerprint density at radius 3 is 2.28 bits per heavy atom. The molecule has 0 saturated heterocycles. The Morgan fingerprint density at radius 2 is 1.67 bits per heavy atom. The van der Waals surface area contributed by atoms with E-state index >= 15 is 0 Å². The summed E-state index contributed by atoms with van der Waals surface area (Å²) in [6.07, 6.45) is -8.89. The van der Waals surface area contributed by atoms with Crippen LogP contribution >= 0.6 is 0 Å². The van der Waals surface area contributed by atoms with Crippen LogP contribution in [-0.4, -0.2) is 48.5 Å². The number of alkyl halides is 6. The average molecular weight is 554 g/mol. The summed E-state index contributed by atoms with van der Waals surface area (Å²) in [6, 6.07) is 11.3. The van der Waals surface area contributed by atoms with Crippen LogP contribution in [0.4, 0.5) is 32.0 Å². The second kappa shape index (κ2) is 10.8. The molecule has 0 saturated carbocycles. The molecule has 0 amide bonds. The van der Waals surface area contributed by atoms with Crippen molar-refractivity contribution in [2.24, 2.45) is 0 Å². The van der Waals surface area contributed by atoms with Crippen molar-refractivity contribution in [3.8, 4) is 11.5 Å². The second-order valence-corrected chi connectivity index (χ2v) is 9.02. The molecular formula is C27H24F6N2O4. The Balaban J connectivity index is 1.80. The van der Waals surface area contributed by atoms with Crippen LogP contribution in [-0.2, 0) is 16.8 Å². The molecule has 3 aromatic rings. The van der Waals surface area contributed by atoms with Gasteiger partial charge in [0.2, 0.25) is 0 Å². The smallest absolute Gasteiger partial charge is 0.430 e. The number of hydrogen-bond donors (Lipinski definition) is 1. The number of pyridine rings is 1. The van der Waals surface area contributed by atoms with E-state index in [2.05, 4.69) is 4.98 Å². The first-order chi connectivity index (χ1) is 18.4. The standard InChI is InChI=1S/C27H24F6N2O4/c1-38-20-3-2-4-21(14-20)39-22-7-5-18-13-19(25(37,26(28,29)30)27(31,32)33)6-8-23(18)35(15-22)24(16-36)17-9-11-34-12-10-17/h2-4,6,8-14,16,22,24,37H,5,7,15H2,1H3/t22-,24?/m0/s1. The molecule has 1 aliphatic rings. The molecule has 1 aromatic heterocycles. The molecule has 0 radical (unpaired) electrons. The minimum Gasteiger partial charge on any atom is -0.497 e. The van der Waals surface area contributed by atoms with Crippen molar-refractivity contribution in [1.29, 1.82) is 0 Å². The summed E-state index contributed by atoms with van der Waals surface area (Å²) in [5, 5.41) is 9.96. The van der Waals surface area contributed by atoms with Crippen molar-refractivity contribution in [2.75, 3.05) is 18.6 Å². The zero-order chi connectivity index (χ0) is 28.4. The first kappa shape index (κ1) is 28.2. The molecule has 2 atom stereocenters. The molecule has 1 aliphatic heterocycles. The molecule has 0 spiro atoms. The number of rotatable bonds is 7. The fourth-order valence-electron chi connectivity index (χ4n) is 4.62. The molecule has 208 valence electrons. The Kier molecular flexibility index (Phi) is 7.78. The number of aliphatic hydroxyl groups is 1. The summed E-state index contributed by atoms with van der Waals surface area (Å²) in [7, 11) is 1.48. The first-order valence-electron chi connectivity index (χ1n) is 11.8. The largest absolute Gasteiger partial charge is 0.497 e. The normalized spacial score (nSPS) is 17.1. The number of fused-ring (bicyclic) bond motifs is 1. The van der Waals surface area contributed by atoms with Gasteiger partial charge < -0.3 is 24.3 Å². The van der Waals surface area contributed by atoms with Crippen LogP contribution in [0.1, 0.15) is 29.2 Å². The molecule has 0 aliphatic carbocycles. The van der Waals surface area contributed by atoms with Gasteiger partial charge in [-0.25, -0.2) is 0 Å². The van der Waals surface area contributed by atoms with Gasteiger partial charge in [-0.2, -0.15) is 26.3 Å². The lowest BCUT2D eigenvalue weighted by molar-refractivity contribution is -0.376. The van der Waals surface area contributed by atoms with E-state index in [1.54, 1.807) is 41.3 Å². The van der Waals surface area contributed by atoms with Crippen LogP contribution < -0.4 is 14.4 Å². The Labute approximate surface area is 219 Å². The monoisotopic (exact) mass is 554 g/mol. The second-order valence-electron chi connectivity index (χ2n) is 9.02. The van der Waals surface area contributed by atoms with Gasteiger partial charge in [0, 0.05) is 29.7 Å². The summed E-state index contributed by atoms with van der Waals surface area (Å²) < 4.78 is 92.8.